The molecule has 0 radical (unpaired) electrons. The Kier molecular flexibility index (Phi) is 3.29. The van der Waals surface area contributed by atoms with Gasteiger partial charge in [-0.2, -0.15) is 0 Å². The highest BCUT2D eigenvalue weighted by molar-refractivity contribution is 5.70. The molecule has 1 aromatic rings. The number of hydrogen-bond donors (Lipinski definition) is 0. The Balaban J connectivity index is 1.95. The highest BCUT2D eigenvalue weighted by Crippen LogP contribution is 2.31. The van der Waals surface area contributed by atoms with Crippen LogP contribution in [0.1, 0.15) is 13.3 Å². The number of para-hydroxylation sites is 2. The first-order chi connectivity index (χ1) is 7.79. The molecule has 86 valence electrons. The molecule has 16 heavy (non-hydrogen) atoms. The van der Waals surface area contributed by atoms with Crippen molar-refractivity contribution in [3.63, 3.8) is 0 Å². The molecule has 0 fully saturated rings. The van der Waals surface area contributed by atoms with Crippen LogP contribution in [0.2, 0.25) is 0 Å². The SMILES string of the molecule is CCOC(=O)CC1COc2ccccc2O1. The van der Waals surface area contributed by atoms with Crippen LogP contribution in [0.4, 0.5) is 0 Å². The van der Waals surface area contributed by atoms with Gasteiger partial charge in [0.05, 0.1) is 13.0 Å². The van der Waals surface area contributed by atoms with E-state index in [1.807, 2.05) is 24.3 Å². The first-order valence-corrected chi connectivity index (χ1v) is 5.33. The van der Waals surface area contributed by atoms with Crippen molar-refractivity contribution < 1.29 is 19.0 Å². The molecule has 0 spiro atoms. The number of fused-ring (bicyclic) bond motifs is 1. The van der Waals surface area contributed by atoms with Gasteiger partial charge < -0.3 is 14.2 Å². The molecule has 0 bridgehead atoms. The summed E-state index contributed by atoms with van der Waals surface area (Å²) in [6.07, 6.45) is -0.0312. The van der Waals surface area contributed by atoms with Crippen LogP contribution >= 0.6 is 0 Å². The zero-order valence-electron chi connectivity index (χ0n) is 9.14. The molecule has 4 nitrogen and oxygen atoms in total. The predicted octanol–water partition coefficient (Wildman–Crippen LogP) is 1.78. The number of benzene rings is 1. The van der Waals surface area contributed by atoms with Crippen LogP contribution in [0, 0.1) is 0 Å². The molecule has 1 aliphatic heterocycles. The van der Waals surface area contributed by atoms with Gasteiger partial charge in [-0.25, -0.2) is 0 Å². The van der Waals surface area contributed by atoms with Crippen LogP contribution in [0.25, 0.3) is 0 Å². The molecule has 1 atom stereocenters. The minimum Gasteiger partial charge on any atom is -0.486 e. The van der Waals surface area contributed by atoms with Crippen molar-refractivity contribution >= 4 is 5.97 Å². The number of carbonyl (C=O) groups excluding carboxylic acids is 1. The first kappa shape index (κ1) is 10.8. The topological polar surface area (TPSA) is 44.8 Å². The Labute approximate surface area is 94.1 Å². The van der Waals surface area contributed by atoms with Crippen LogP contribution in [-0.2, 0) is 9.53 Å². The number of carbonyl (C=O) groups is 1. The standard InChI is InChI=1S/C12H14O4/c1-2-14-12(13)7-9-8-15-10-5-3-4-6-11(10)16-9/h3-6,9H,2,7-8H2,1H3. The van der Waals surface area contributed by atoms with Crippen LogP contribution in [0.3, 0.4) is 0 Å². The number of rotatable bonds is 3. The van der Waals surface area contributed by atoms with Crippen molar-refractivity contribution in [3.8, 4) is 11.5 Å². The van der Waals surface area contributed by atoms with E-state index in [2.05, 4.69) is 0 Å². The van der Waals surface area contributed by atoms with E-state index >= 15 is 0 Å². The van der Waals surface area contributed by atoms with Gasteiger partial charge in [0, 0.05) is 0 Å². The molecule has 0 amide bonds. The Bertz CT molecular complexity index is 375. The molecule has 1 aromatic carbocycles. The molecule has 1 unspecified atom stereocenters. The van der Waals surface area contributed by atoms with Gasteiger partial charge in [-0.1, -0.05) is 12.1 Å². The largest absolute Gasteiger partial charge is 0.486 e. The Hall–Kier alpha value is -1.71. The first-order valence-electron chi connectivity index (χ1n) is 5.33. The molecule has 0 saturated heterocycles. The van der Waals surface area contributed by atoms with Crippen molar-refractivity contribution in [3.05, 3.63) is 24.3 Å². The van der Waals surface area contributed by atoms with Crippen molar-refractivity contribution in [2.45, 2.75) is 19.4 Å². The average molecular weight is 222 g/mol. The zero-order valence-corrected chi connectivity index (χ0v) is 9.14. The molecule has 0 aromatic heterocycles. The van der Waals surface area contributed by atoms with E-state index < -0.39 is 0 Å². The summed E-state index contributed by atoms with van der Waals surface area (Å²) in [5.41, 5.74) is 0. The van der Waals surface area contributed by atoms with Gasteiger partial charge in [0.2, 0.25) is 0 Å². The van der Waals surface area contributed by atoms with Gasteiger partial charge in [0.25, 0.3) is 0 Å². The summed E-state index contributed by atoms with van der Waals surface area (Å²) in [6.45, 7) is 2.56. The summed E-state index contributed by atoms with van der Waals surface area (Å²) in [7, 11) is 0. The smallest absolute Gasteiger partial charge is 0.309 e. The number of esters is 1. The fourth-order valence-corrected chi connectivity index (χ4v) is 1.57. The molecule has 1 aliphatic rings. The fraction of sp³-hybridized carbons (Fsp3) is 0.417. The molecule has 0 saturated carbocycles. The van der Waals surface area contributed by atoms with E-state index in [-0.39, 0.29) is 18.5 Å². The Morgan fingerprint density at radius 2 is 2.19 bits per heavy atom. The maximum atomic E-state index is 11.3. The third-order valence-electron chi connectivity index (χ3n) is 2.27. The number of ether oxygens (including phenoxy) is 3. The summed E-state index contributed by atoms with van der Waals surface area (Å²) < 4.78 is 16.0. The van der Waals surface area contributed by atoms with Gasteiger partial charge in [0.1, 0.15) is 12.7 Å². The predicted molar refractivity (Wildman–Crippen MR) is 57.6 cm³/mol. The van der Waals surface area contributed by atoms with Crippen molar-refractivity contribution in [2.75, 3.05) is 13.2 Å². The third-order valence-corrected chi connectivity index (χ3v) is 2.27. The lowest BCUT2D eigenvalue weighted by Gasteiger charge is -2.25. The van der Waals surface area contributed by atoms with Crippen LogP contribution < -0.4 is 9.47 Å². The second-order valence-corrected chi connectivity index (χ2v) is 3.51. The van der Waals surface area contributed by atoms with Crippen LogP contribution in [0.5, 0.6) is 11.5 Å². The maximum Gasteiger partial charge on any atom is 0.309 e. The minimum absolute atomic E-state index is 0.224. The minimum atomic E-state index is -0.256. The van der Waals surface area contributed by atoms with Gasteiger partial charge in [-0.3, -0.25) is 4.79 Å². The maximum absolute atomic E-state index is 11.3. The molecule has 1 heterocycles. The molecule has 2 rings (SSSR count). The molecular formula is C12H14O4. The van der Waals surface area contributed by atoms with E-state index in [0.717, 1.165) is 5.75 Å². The normalized spacial score (nSPS) is 17.9. The Morgan fingerprint density at radius 1 is 1.44 bits per heavy atom. The lowest BCUT2D eigenvalue weighted by atomic mass is 10.2. The summed E-state index contributed by atoms with van der Waals surface area (Å²) in [5.74, 6) is 1.15. The van der Waals surface area contributed by atoms with Gasteiger partial charge in [0.15, 0.2) is 11.5 Å². The fourth-order valence-electron chi connectivity index (χ4n) is 1.57. The van der Waals surface area contributed by atoms with Crippen LogP contribution in [-0.4, -0.2) is 25.3 Å². The summed E-state index contributed by atoms with van der Waals surface area (Å²) in [6, 6.07) is 7.42. The van der Waals surface area contributed by atoms with Crippen molar-refractivity contribution in [1.82, 2.24) is 0 Å². The molecule has 4 heteroatoms. The second kappa shape index (κ2) is 4.88. The van der Waals surface area contributed by atoms with Crippen molar-refractivity contribution in [2.24, 2.45) is 0 Å². The highest BCUT2D eigenvalue weighted by atomic mass is 16.6. The highest BCUT2D eigenvalue weighted by Gasteiger charge is 2.23. The quantitative estimate of drug-likeness (QED) is 0.731. The van der Waals surface area contributed by atoms with E-state index in [1.165, 1.54) is 0 Å². The molecule has 0 aliphatic carbocycles. The van der Waals surface area contributed by atoms with Crippen molar-refractivity contribution in [1.29, 1.82) is 0 Å². The summed E-state index contributed by atoms with van der Waals surface area (Å²) in [4.78, 5) is 11.3. The zero-order chi connectivity index (χ0) is 11.4. The van der Waals surface area contributed by atoms with Crippen LogP contribution in [0.15, 0.2) is 24.3 Å². The van der Waals surface area contributed by atoms with E-state index in [1.54, 1.807) is 6.92 Å². The van der Waals surface area contributed by atoms with E-state index in [4.69, 9.17) is 14.2 Å². The average Bonchev–Trinajstić information content (AvgIpc) is 2.29. The summed E-state index contributed by atoms with van der Waals surface area (Å²) in [5, 5.41) is 0. The monoisotopic (exact) mass is 222 g/mol. The van der Waals surface area contributed by atoms with Gasteiger partial charge in [-0.05, 0) is 19.1 Å². The number of hydrogen-bond acceptors (Lipinski definition) is 4. The summed E-state index contributed by atoms with van der Waals surface area (Å²) >= 11 is 0. The van der Waals surface area contributed by atoms with Gasteiger partial charge >= 0.3 is 5.97 Å². The van der Waals surface area contributed by atoms with Gasteiger partial charge in [-0.15, -0.1) is 0 Å². The third kappa shape index (κ3) is 2.45. The lowest BCUT2D eigenvalue weighted by Crippen LogP contribution is -2.31. The second-order valence-electron chi connectivity index (χ2n) is 3.51. The Morgan fingerprint density at radius 3 is 2.94 bits per heavy atom. The molecule has 0 N–H and O–H groups in total. The van der Waals surface area contributed by atoms with E-state index in [9.17, 15) is 4.79 Å². The lowest BCUT2D eigenvalue weighted by molar-refractivity contribution is -0.145. The molecular weight excluding hydrogens is 208 g/mol. The van der Waals surface area contributed by atoms with E-state index in [0.29, 0.717) is 19.0 Å².